The van der Waals surface area contributed by atoms with Crippen LogP contribution in [0.4, 0.5) is 24.5 Å². The fourth-order valence-electron chi connectivity index (χ4n) is 1.09. The van der Waals surface area contributed by atoms with E-state index in [1.165, 1.54) is 0 Å². The smallest absolute Gasteiger partial charge is 0.318 e. The molecular formula is C7H6F3N3O4S. The van der Waals surface area contributed by atoms with Gasteiger partial charge in [0.25, 0.3) is 15.5 Å². The van der Waals surface area contributed by atoms with Crippen molar-refractivity contribution in [1.29, 1.82) is 0 Å². The summed E-state index contributed by atoms with van der Waals surface area (Å²) in [6.45, 7) is 0. The quantitative estimate of drug-likeness (QED) is 0.489. The van der Waals surface area contributed by atoms with Gasteiger partial charge in [-0.3, -0.25) is 16.0 Å². The third kappa shape index (κ3) is 2.36. The number of nitrogens with two attached hydrogens (primary N) is 1. The SMILES string of the molecule is NNc1ccc(S(=O)(=O)C(F)(F)F)cc1[N+](=O)[O-]. The normalized spacial score (nSPS) is 12.2. The zero-order valence-corrected chi connectivity index (χ0v) is 9.25. The largest absolute Gasteiger partial charge is 0.501 e. The number of benzene rings is 1. The number of nitrogens with zero attached hydrogens (tertiary/aromatic N) is 1. The Labute approximate surface area is 98.4 Å². The third-order valence-electron chi connectivity index (χ3n) is 1.94. The van der Waals surface area contributed by atoms with E-state index in [1.54, 1.807) is 0 Å². The van der Waals surface area contributed by atoms with Crippen LogP contribution >= 0.6 is 0 Å². The highest BCUT2D eigenvalue weighted by Gasteiger charge is 2.47. The first-order valence-corrected chi connectivity index (χ1v) is 5.66. The fourth-order valence-corrected chi connectivity index (χ4v) is 1.87. The second-order valence-electron chi connectivity index (χ2n) is 3.03. The number of nitrogens with one attached hydrogen (secondary N) is 1. The summed E-state index contributed by atoms with van der Waals surface area (Å²) in [7, 11) is -5.63. The number of sulfone groups is 1. The van der Waals surface area contributed by atoms with Gasteiger partial charge >= 0.3 is 5.51 Å². The van der Waals surface area contributed by atoms with Crippen LogP contribution in [0.25, 0.3) is 0 Å². The van der Waals surface area contributed by atoms with Gasteiger partial charge in [0.2, 0.25) is 0 Å². The van der Waals surface area contributed by atoms with E-state index >= 15 is 0 Å². The highest BCUT2D eigenvalue weighted by Crippen LogP contribution is 2.34. The van der Waals surface area contributed by atoms with Crippen LogP contribution in [0.15, 0.2) is 23.1 Å². The van der Waals surface area contributed by atoms with Crippen molar-refractivity contribution in [2.75, 3.05) is 5.43 Å². The van der Waals surface area contributed by atoms with Crippen molar-refractivity contribution in [3.8, 4) is 0 Å². The lowest BCUT2D eigenvalue weighted by molar-refractivity contribution is -0.384. The van der Waals surface area contributed by atoms with Crippen molar-refractivity contribution in [3.05, 3.63) is 28.3 Å². The van der Waals surface area contributed by atoms with Gasteiger partial charge in [0.15, 0.2) is 0 Å². The summed E-state index contributed by atoms with van der Waals surface area (Å²) in [5, 5.41) is 10.5. The maximum absolute atomic E-state index is 12.2. The maximum atomic E-state index is 12.2. The Hall–Kier alpha value is -1.88. The molecule has 0 amide bonds. The van der Waals surface area contributed by atoms with E-state index in [1.807, 2.05) is 5.43 Å². The van der Waals surface area contributed by atoms with E-state index in [-0.39, 0.29) is 11.8 Å². The lowest BCUT2D eigenvalue weighted by Gasteiger charge is -2.09. The number of hydrazine groups is 1. The van der Waals surface area contributed by atoms with Crippen molar-refractivity contribution in [1.82, 2.24) is 0 Å². The van der Waals surface area contributed by atoms with Crippen molar-refractivity contribution in [2.24, 2.45) is 5.84 Å². The molecule has 0 heterocycles. The molecule has 0 saturated heterocycles. The second-order valence-corrected chi connectivity index (χ2v) is 4.97. The van der Waals surface area contributed by atoms with Gasteiger partial charge < -0.3 is 5.43 Å². The Morgan fingerprint density at radius 1 is 1.33 bits per heavy atom. The Morgan fingerprint density at radius 3 is 2.28 bits per heavy atom. The summed E-state index contributed by atoms with van der Waals surface area (Å²) in [5.41, 5.74) is -4.83. The summed E-state index contributed by atoms with van der Waals surface area (Å²) in [4.78, 5) is 8.27. The number of alkyl halides is 3. The Balaban J connectivity index is 3.48. The van der Waals surface area contributed by atoms with E-state index in [0.717, 1.165) is 6.07 Å². The average Bonchev–Trinajstić information content (AvgIpc) is 2.26. The molecule has 3 N–H and O–H groups in total. The summed E-state index contributed by atoms with van der Waals surface area (Å²) in [5.74, 6) is 4.91. The van der Waals surface area contributed by atoms with Crippen LogP contribution < -0.4 is 11.3 Å². The molecule has 0 fully saturated rings. The Morgan fingerprint density at radius 2 is 1.89 bits per heavy atom. The van der Waals surface area contributed by atoms with Gasteiger partial charge in [-0.1, -0.05) is 0 Å². The molecule has 1 aromatic rings. The van der Waals surface area contributed by atoms with Crippen LogP contribution in [0.2, 0.25) is 0 Å². The molecule has 11 heteroatoms. The molecule has 0 aliphatic rings. The molecule has 7 nitrogen and oxygen atoms in total. The molecule has 1 aromatic carbocycles. The van der Waals surface area contributed by atoms with E-state index in [4.69, 9.17) is 5.84 Å². The molecule has 0 saturated carbocycles. The topological polar surface area (TPSA) is 115 Å². The van der Waals surface area contributed by atoms with Crippen LogP contribution in [-0.4, -0.2) is 18.8 Å². The van der Waals surface area contributed by atoms with Crippen LogP contribution in [0.1, 0.15) is 0 Å². The van der Waals surface area contributed by atoms with Crippen LogP contribution in [0.3, 0.4) is 0 Å². The molecule has 1 rings (SSSR count). The van der Waals surface area contributed by atoms with Gasteiger partial charge in [-0.05, 0) is 12.1 Å². The number of nitro benzene ring substituents is 1. The maximum Gasteiger partial charge on any atom is 0.501 e. The van der Waals surface area contributed by atoms with Gasteiger partial charge in [-0.15, -0.1) is 0 Å². The fraction of sp³-hybridized carbons (Fsp3) is 0.143. The molecule has 0 aliphatic carbocycles. The molecule has 18 heavy (non-hydrogen) atoms. The lowest BCUT2D eigenvalue weighted by atomic mass is 10.3. The predicted octanol–water partition coefficient (Wildman–Crippen LogP) is 1.17. The van der Waals surface area contributed by atoms with Crippen LogP contribution in [-0.2, 0) is 9.84 Å². The number of hydrogen-bond acceptors (Lipinski definition) is 6. The number of halogens is 3. The van der Waals surface area contributed by atoms with E-state index < -0.39 is 30.9 Å². The summed E-state index contributed by atoms with van der Waals surface area (Å²) in [6, 6.07) is 1.64. The van der Waals surface area contributed by atoms with Crippen molar-refractivity contribution >= 4 is 21.2 Å². The van der Waals surface area contributed by atoms with Crippen LogP contribution in [0, 0.1) is 10.1 Å². The summed E-state index contributed by atoms with van der Waals surface area (Å²) in [6.07, 6.45) is 0. The lowest BCUT2D eigenvalue weighted by Crippen LogP contribution is -2.23. The average molecular weight is 285 g/mol. The number of anilines is 1. The molecule has 0 bridgehead atoms. The van der Waals surface area contributed by atoms with E-state index in [9.17, 15) is 31.7 Å². The minimum atomic E-state index is -5.63. The molecule has 0 spiro atoms. The Bertz CT molecular complexity index is 584. The van der Waals surface area contributed by atoms with Gasteiger partial charge in [0.1, 0.15) is 5.69 Å². The van der Waals surface area contributed by atoms with Gasteiger partial charge in [0.05, 0.1) is 9.82 Å². The van der Waals surface area contributed by atoms with Crippen molar-refractivity contribution < 1.29 is 26.5 Å². The van der Waals surface area contributed by atoms with Gasteiger partial charge in [-0.25, -0.2) is 8.42 Å². The zero-order chi connectivity index (χ0) is 14.1. The first-order valence-electron chi connectivity index (χ1n) is 4.17. The Kier molecular flexibility index (Phi) is 3.48. The van der Waals surface area contributed by atoms with Crippen molar-refractivity contribution in [2.45, 2.75) is 10.4 Å². The number of hydrogen-bond donors (Lipinski definition) is 2. The van der Waals surface area contributed by atoms with Crippen LogP contribution in [0.5, 0.6) is 0 Å². The molecule has 100 valence electrons. The molecule has 0 aromatic heterocycles. The first-order chi connectivity index (χ1) is 8.11. The minimum Gasteiger partial charge on any atom is -0.318 e. The highest BCUT2D eigenvalue weighted by atomic mass is 32.2. The summed E-state index contributed by atoms with van der Waals surface area (Å²) < 4.78 is 58.8. The monoisotopic (exact) mass is 285 g/mol. The summed E-state index contributed by atoms with van der Waals surface area (Å²) >= 11 is 0. The number of nitrogen functional groups attached to an aromatic ring is 1. The number of nitro groups is 1. The molecule has 0 aliphatic heterocycles. The van der Waals surface area contributed by atoms with E-state index in [0.29, 0.717) is 6.07 Å². The third-order valence-corrected chi connectivity index (χ3v) is 3.42. The molecule has 0 radical (unpaired) electrons. The minimum absolute atomic E-state index is 0.290. The van der Waals surface area contributed by atoms with Gasteiger partial charge in [0, 0.05) is 6.07 Å². The standard InChI is InChI=1S/C7H6F3N3O4S/c8-7(9,10)18(16,17)4-1-2-5(12-11)6(3-4)13(14)15/h1-3,12H,11H2. The van der Waals surface area contributed by atoms with E-state index in [2.05, 4.69) is 0 Å². The van der Waals surface area contributed by atoms with Gasteiger partial charge in [-0.2, -0.15) is 13.2 Å². The predicted molar refractivity (Wildman–Crippen MR) is 54.1 cm³/mol. The first kappa shape index (κ1) is 14.2. The molecule has 0 unspecified atom stereocenters. The second kappa shape index (κ2) is 4.42. The molecular weight excluding hydrogens is 279 g/mol. The van der Waals surface area contributed by atoms with Crippen molar-refractivity contribution in [3.63, 3.8) is 0 Å². The molecule has 0 atom stereocenters. The highest BCUT2D eigenvalue weighted by molar-refractivity contribution is 7.92. The zero-order valence-electron chi connectivity index (χ0n) is 8.43. The number of rotatable bonds is 3.